The Balaban J connectivity index is 1.07. The van der Waals surface area contributed by atoms with Crippen molar-refractivity contribution in [3.8, 4) is 16.8 Å². The lowest BCUT2D eigenvalue weighted by atomic mass is 9.55. The lowest BCUT2D eigenvalue weighted by Crippen LogP contribution is -2.46. The topological polar surface area (TPSA) is 17.0 Å². The summed E-state index contributed by atoms with van der Waals surface area (Å²) in [4.78, 5) is 1.36. The maximum absolute atomic E-state index is 4.07. The predicted molar refractivity (Wildman–Crippen MR) is 219 cm³/mol. The molecule has 0 saturated heterocycles. The SMILES string of the molecule is CC1(C2(C)C=Cc3sc4ccccc4c3C2Nc2ccccc2)C=Cc2c(c3ccccc3n2-c2ccc(-c3ccc4ccccc4c3)cc2)C1. The van der Waals surface area contributed by atoms with Crippen LogP contribution in [-0.4, -0.2) is 4.57 Å². The number of para-hydroxylation sites is 2. The molecule has 2 nitrogen and oxygen atoms in total. The lowest BCUT2D eigenvalue weighted by Gasteiger charge is -2.51. The third-order valence-corrected chi connectivity index (χ3v) is 13.0. The Kier molecular flexibility index (Phi) is 6.78. The van der Waals surface area contributed by atoms with E-state index in [0.717, 1.165) is 12.1 Å². The molecule has 2 aliphatic rings. The van der Waals surface area contributed by atoms with Crippen LogP contribution in [0.3, 0.4) is 0 Å². The number of fused-ring (bicyclic) bond motifs is 7. The monoisotopic (exact) mass is 674 g/mol. The molecule has 0 spiro atoms. The van der Waals surface area contributed by atoms with Crippen molar-refractivity contribution >= 4 is 60.9 Å². The second-order valence-electron chi connectivity index (χ2n) is 14.7. The fraction of sp³-hybridized carbons (Fsp3) is 0.125. The highest BCUT2D eigenvalue weighted by Crippen LogP contribution is 2.60. The summed E-state index contributed by atoms with van der Waals surface area (Å²) in [5.41, 5.74) is 9.79. The van der Waals surface area contributed by atoms with Crippen LogP contribution in [0.1, 0.15) is 41.6 Å². The zero-order chi connectivity index (χ0) is 34.2. The standard InChI is InChI=1S/C48H38N2S/c1-47(48(2)29-27-44-45(39-17-9-11-19-43(39)51-44)46(48)49-36-14-4-3-5-15-36)28-26-42-40(31-47)38-16-8-10-18-41(38)50(42)37-24-22-33(23-25-37)35-21-20-32-12-6-7-13-34(32)30-35/h3-30,46,49H,31H2,1-2H3. The fourth-order valence-electron chi connectivity index (χ4n) is 8.79. The van der Waals surface area contributed by atoms with Crippen molar-refractivity contribution < 1.29 is 0 Å². The molecule has 0 radical (unpaired) electrons. The highest BCUT2D eigenvalue weighted by Gasteiger charge is 2.51. The van der Waals surface area contributed by atoms with Gasteiger partial charge < -0.3 is 9.88 Å². The van der Waals surface area contributed by atoms with Crippen LogP contribution in [-0.2, 0) is 6.42 Å². The first-order valence-electron chi connectivity index (χ1n) is 17.9. The molecule has 1 N–H and O–H groups in total. The van der Waals surface area contributed by atoms with E-state index in [-0.39, 0.29) is 16.9 Å². The first-order chi connectivity index (χ1) is 25.0. The minimum absolute atomic E-state index is 0.0863. The van der Waals surface area contributed by atoms with E-state index in [9.17, 15) is 0 Å². The van der Waals surface area contributed by atoms with Gasteiger partial charge in [-0.05, 0) is 93.9 Å². The van der Waals surface area contributed by atoms with Crippen LogP contribution in [0.2, 0.25) is 0 Å². The van der Waals surface area contributed by atoms with Crippen LogP contribution in [0.25, 0.3) is 60.7 Å². The van der Waals surface area contributed by atoms with E-state index < -0.39 is 0 Å². The molecular formula is C48H38N2S. The highest BCUT2D eigenvalue weighted by molar-refractivity contribution is 7.20. The Bertz CT molecular complexity index is 2670. The van der Waals surface area contributed by atoms with Crippen LogP contribution in [0, 0.1) is 10.8 Å². The number of hydrogen-bond acceptors (Lipinski definition) is 2. The zero-order valence-electron chi connectivity index (χ0n) is 28.8. The van der Waals surface area contributed by atoms with Crippen LogP contribution >= 0.6 is 11.3 Å². The predicted octanol–water partition coefficient (Wildman–Crippen LogP) is 13.1. The van der Waals surface area contributed by atoms with Crippen molar-refractivity contribution in [2.24, 2.45) is 10.8 Å². The Labute approximate surface area is 303 Å². The van der Waals surface area contributed by atoms with Crippen molar-refractivity contribution in [2.75, 3.05) is 5.32 Å². The fourth-order valence-corrected chi connectivity index (χ4v) is 9.94. The summed E-state index contributed by atoms with van der Waals surface area (Å²) >= 11 is 1.90. The number of nitrogens with one attached hydrogen (secondary N) is 1. The molecule has 3 heteroatoms. The van der Waals surface area contributed by atoms with Gasteiger partial charge in [0.2, 0.25) is 0 Å². The van der Waals surface area contributed by atoms with Gasteiger partial charge in [-0.25, -0.2) is 0 Å². The number of thiophene rings is 1. The molecule has 3 unspecified atom stereocenters. The van der Waals surface area contributed by atoms with Gasteiger partial charge in [-0.2, -0.15) is 0 Å². The third kappa shape index (κ3) is 4.68. The molecular weight excluding hydrogens is 637 g/mol. The van der Waals surface area contributed by atoms with Gasteiger partial charge in [-0.3, -0.25) is 0 Å². The van der Waals surface area contributed by atoms with E-state index in [1.807, 2.05) is 11.3 Å². The number of hydrogen-bond donors (Lipinski definition) is 1. The van der Waals surface area contributed by atoms with Gasteiger partial charge in [-0.1, -0.05) is 129 Å². The van der Waals surface area contributed by atoms with Crippen molar-refractivity contribution in [3.63, 3.8) is 0 Å². The van der Waals surface area contributed by atoms with Crippen molar-refractivity contribution in [3.05, 3.63) is 179 Å². The van der Waals surface area contributed by atoms with Crippen molar-refractivity contribution in [1.29, 1.82) is 0 Å². The summed E-state index contributed by atoms with van der Waals surface area (Å²) in [5, 5.41) is 9.29. The van der Waals surface area contributed by atoms with E-state index in [4.69, 9.17) is 0 Å². The quantitative estimate of drug-likeness (QED) is 0.192. The minimum atomic E-state index is -0.224. The summed E-state index contributed by atoms with van der Waals surface area (Å²) in [6, 6.07) is 53.1. The molecule has 2 heterocycles. The molecule has 0 bridgehead atoms. The second kappa shape index (κ2) is 11.4. The molecule has 8 aromatic rings. The maximum Gasteiger partial charge on any atom is 0.0630 e. The largest absolute Gasteiger partial charge is 0.377 e. The number of allylic oxidation sites excluding steroid dienone is 1. The lowest BCUT2D eigenvalue weighted by molar-refractivity contribution is 0.151. The Hall–Kier alpha value is -5.64. The number of anilines is 1. The van der Waals surface area contributed by atoms with Gasteiger partial charge in [0, 0.05) is 48.4 Å². The van der Waals surface area contributed by atoms with Gasteiger partial charge >= 0.3 is 0 Å². The normalized spacial score (nSPS) is 20.9. The summed E-state index contributed by atoms with van der Waals surface area (Å²) in [6.45, 7) is 4.94. The van der Waals surface area contributed by atoms with Crippen molar-refractivity contribution in [1.82, 2.24) is 4.57 Å². The number of rotatable bonds is 5. The Morgan fingerprint density at radius 1 is 0.647 bits per heavy atom. The molecule has 10 rings (SSSR count). The zero-order valence-corrected chi connectivity index (χ0v) is 29.6. The van der Waals surface area contributed by atoms with E-state index in [1.165, 1.54) is 70.3 Å². The molecule has 2 aromatic heterocycles. The Morgan fingerprint density at radius 2 is 1.35 bits per heavy atom. The molecule has 2 aliphatic carbocycles. The van der Waals surface area contributed by atoms with Crippen molar-refractivity contribution in [2.45, 2.75) is 26.3 Å². The average Bonchev–Trinajstić information content (AvgIpc) is 3.72. The van der Waals surface area contributed by atoms with Crippen LogP contribution in [0.15, 0.2) is 158 Å². The number of aromatic nitrogens is 1. The highest BCUT2D eigenvalue weighted by atomic mass is 32.1. The van der Waals surface area contributed by atoms with E-state index in [2.05, 4.69) is 194 Å². The molecule has 0 amide bonds. The second-order valence-corrected chi connectivity index (χ2v) is 15.8. The molecule has 51 heavy (non-hydrogen) atoms. The van der Waals surface area contributed by atoms with E-state index >= 15 is 0 Å². The summed E-state index contributed by atoms with van der Waals surface area (Å²) in [5.74, 6) is 0. The van der Waals surface area contributed by atoms with E-state index in [0.29, 0.717) is 0 Å². The van der Waals surface area contributed by atoms with Crippen LogP contribution in [0.5, 0.6) is 0 Å². The molecule has 6 aromatic carbocycles. The molecule has 0 fully saturated rings. The van der Waals surface area contributed by atoms with Gasteiger partial charge in [0.05, 0.1) is 11.6 Å². The summed E-state index contributed by atoms with van der Waals surface area (Å²) < 4.78 is 3.81. The first-order valence-corrected chi connectivity index (χ1v) is 18.7. The summed E-state index contributed by atoms with van der Waals surface area (Å²) in [7, 11) is 0. The minimum Gasteiger partial charge on any atom is -0.377 e. The average molecular weight is 675 g/mol. The first kappa shape index (κ1) is 30.2. The van der Waals surface area contributed by atoms with Gasteiger partial charge in [0.15, 0.2) is 0 Å². The van der Waals surface area contributed by atoms with Gasteiger partial charge in [0.1, 0.15) is 0 Å². The van der Waals surface area contributed by atoms with Gasteiger partial charge in [0.25, 0.3) is 0 Å². The third-order valence-electron chi connectivity index (χ3n) is 11.8. The molecule has 246 valence electrons. The maximum atomic E-state index is 4.07. The molecule has 0 aliphatic heterocycles. The Morgan fingerprint density at radius 3 is 2.20 bits per heavy atom. The number of benzene rings is 6. The molecule has 3 atom stereocenters. The number of nitrogens with zero attached hydrogens (tertiary/aromatic N) is 1. The van der Waals surface area contributed by atoms with Crippen LogP contribution < -0.4 is 5.32 Å². The summed E-state index contributed by atoms with van der Waals surface area (Å²) in [6.07, 6.45) is 10.8. The smallest absolute Gasteiger partial charge is 0.0630 e. The molecule has 0 saturated carbocycles. The van der Waals surface area contributed by atoms with Crippen LogP contribution in [0.4, 0.5) is 5.69 Å². The van der Waals surface area contributed by atoms with E-state index in [1.54, 1.807) is 0 Å². The van der Waals surface area contributed by atoms with Gasteiger partial charge in [-0.15, -0.1) is 11.3 Å².